The van der Waals surface area contributed by atoms with Gasteiger partial charge in [-0.3, -0.25) is 4.79 Å². The zero-order valence-corrected chi connectivity index (χ0v) is 17.0. The van der Waals surface area contributed by atoms with Crippen LogP contribution in [-0.4, -0.2) is 33.7 Å². The smallest absolute Gasteiger partial charge is 0.279 e. The number of hydrogen-bond acceptors (Lipinski definition) is 3. The van der Waals surface area contributed by atoms with Crippen LogP contribution in [0.5, 0.6) is 11.5 Å². The molecule has 2 N–H and O–H groups in total. The molecule has 0 aliphatic carbocycles. The number of nitrogens with one attached hydrogen (secondary N) is 2. The number of quaternary nitrogens is 1. The topological polar surface area (TPSA) is 52.0 Å². The van der Waals surface area contributed by atoms with Gasteiger partial charge in [-0.1, -0.05) is 32.0 Å². The molecule has 0 saturated carbocycles. The first-order chi connectivity index (χ1) is 13.0. The second kappa shape index (κ2) is 9.97. The van der Waals surface area contributed by atoms with E-state index in [0.717, 1.165) is 35.5 Å². The molecule has 0 aliphatic heterocycles. The van der Waals surface area contributed by atoms with Gasteiger partial charge in [0.15, 0.2) is 18.0 Å². The summed E-state index contributed by atoms with van der Waals surface area (Å²) in [6.45, 7) is 5.34. The van der Waals surface area contributed by atoms with Gasteiger partial charge in [0.25, 0.3) is 5.91 Å². The van der Waals surface area contributed by atoms with E-state index in [2.05, 4.69) is 37.4 Å². The highest BCUT2D eigenvalue weighted by molar-refractivity contribution is 5.93. The van der Waals surface area contributed by atoms with Crippen molar-refractivity contribution in [2.75, 3.05) is 33.1 Å². The van der Waals surface area contributed by atoms with Crippen LogP contribution in [0.1, 0.15) is 30.5 Å². The summed E-state index contributed by atoms with van der Waals surface area (Å²) < 4.78 is 10.6. The van der Waals surface area contributed by atoms with Gasteiger partial charge >= 0.3 is 0 Å². The third-order valence-electron chi connectivity index (χ3n) is 4.68. The van der Waals surface area contributed by atoms with Crippen LogP contribution >= 0.6 is 0 Å². The van der Waals surface area contributed by atoms with Gasteiger partial charge in [0.05, 0.1) is 21.3 Å². The average Bonchev–Trinajstić information content (AvgIpc) is 2.67. The maximum atomic E-state index is 12.6. The van der Waals surface area contributed by atoms with E-state index >= 15 is 0 Å². The van der Waals surface area contributed by atoms with Crippen LogP contribution in [0, 0.1) is 0 Å². The van der Waals surface area contributed by atoms with Crippen LogP contribution in [0.4, 0.5) is 5.69 Å². The molecule has 2 aromatic rings. The normalized spacial score (nSPS) is 11.7. The Kier molecular flexibility index (Phi) is 7.67. The lowest BCUT2D eigenvalue weighted by molar-refractivity contribution is -0.885. The number of ether oxygens (including phenoxy) is 2. The molecule has 5 nitrogen and oxygen atoms in total. The standard InChI is InChI=1S/C22H30N2O3/c1-6-17-9-8-10-18(7-2)22(17)23-21(25)15-24(3)14-16-11-12-19(26-4)20(13-16)27-5/h8-13H,6-7,14-15H2,1-5H3,(H,23,25)/p+1. The number of methoxy groups -OCH3 is 2. The first kappa shape index (κ1) is 20.8. The van der Waals surface area contributed by atoms with Crippen molar-refractivity contribution in [3.8, 4) is 11.5 Å². The van der Waals surface area contributed by atoms with Crippen molar-refractivity contribution in [1.82, 2.24) is 0 Å². The van der Waals surface area contributed by atoms with Gasteiger partial charge in [-0.15, -0.1) is 0 Å². The Hall–Kier alpha value is -2.53. The highest BCUT2D eigenvalue weighted by Gasteiger charge is 2.15. The Morgan fingerprint density at radius 3 is 2.19 bits per heavy atom. The maximum Gasteiger partial charge on any atom is 0.279 e. The van der Waals surface area contributed by atoms with Crippen molar-refractivity contribution in [2.24, 2.45) is 0 Å². The van der Waals surface area contributed by atoms with E-state index in [9.17, 15) is 4.79 Å². The second-order valence-corrected chi connectivity index (χ2v) is 6.71. The second-order valence-electron chi connectivity index (χ2n) is 6.71. The van der Waals surface area contributed by atoms with Crippen LogP contribution in [0.3, 0.4) is 0 Å². The molecule has 1 unspecified atom stereocenters. The minimum atomic E-state index is 0.0311. The zero-order chi connectivity index (χ0) is 19.8. The lowest BCUT2D eigenvalue weighted by Crippen LogP contribution is -3.08. The van der Waals surface area contributed by atoms with Gasteiger partial charge in [-0.05, 0) is 42.2 Å². The monoisotopic (exact) mass is 371 g/mol. The van der Waals surface area contributed by atoms with Crippen molar-refractivity contribution < 1.29 is 19.2 Å². The quantitative estimate of drug-likeness (QED) is 0.712. The zero-order valence-electron chi connectivity index (χ0n) is 17.0. The number of carbonyl (C=O) groups excluding carboxylic acids is 1. The summed E-state index contributed by atoms with van der Waals surface area (Å²) in [6.07, 6.45) is 1.80. The Morgan fingerprint density at radius 1 is 1.00 bits per heavy atom. The Labute approximate surface area is 162 Å². The van der Waals surface area contributed by atoms with Gasteiger partial charge < -0.3 is 19.7 Å². The molecule has 0 saturated heterocycles. The van der Waals surface area contributed by atoms with Gasteiger partial charge in [0, 0.05) is 11.3 Å². The Bertz CT molecular complexity index is 752. The number of benzene rings is 2. The minimum Gasteiger partial charge on any atom is -0.493 e. The Balaban J connectivity index is 2.02. The largest absolute Gasteiger partial charge is 0.493 e. The summed E-state index contributed by atoms with van der Waals surface area (Å²) in [5, 5.41) is 3.13. The lowest BCUT2D eigenvalue weighted by atomic mass is 10.0. The van der Waals surface area contributed by atoms with Crippen LogP contribution < -0.4 is 19.7 Å². The fourth-order valence-electron chi connectivity index (χ4n) is 3.26. The number of rotatable bonds is 9. The van der Waals surface area contributed by atoms with Crippen molar-refractivity contribution in [3.05, 3.63) is 53.1 Å². The van der Waals surface area contributed by atoms with Gasteiger partial charge in [0.2, 0.25) is 0 Å². The van der Waals surface area contributed by atoms with E-state index in [1.54, 1.807) is 14.2 Å². The van der Waals surface area contributed by atoms with E-state index in [0.29, 0.717) is 18.0 Å². The first-order valence-corrected chi connectivity index (χ1v) is 9.45. The number of amides is 1. The van der Waals surface area contributed by atoms with Crippen molar-refractivity contribution in [2.45, 2.75) is 33.2 Å². The summed E-state index contributed by atoms with van der Waals surface area (Å²) in [4.78, 5) is 13.7. The van der Waals surface area contributed by atoms with E-state index in [1.165, 1.54) is 11.1 Å². The molecule has 1 amide bonds. The number of hydrogen-bond donors (Lipinski definition) is 2. The number of anilines is 1. The molecule has 2 rings (SSSR count). The third kappa shape index (κ3) is 5.47. The molecular formula is C22H31N2O3+. The van der Waals surface area contributed by atoms with Gasteiger partial charge in [0.1, 0.15) is 6.54 Å². The van der Waals surface area contributed by atoms with E-state index in [-0.39, 0.29) is 5.91 Å². The molecule has 5 heteroatoms. The van der Waals surface area contributed by atoms with Crippen LogP contribution in [0.25, 0.3) is 0 Å². The predicted octanol–water partition coefficient (Wildman–Crippen LogP) is 2.48. The van der Waals surface area contributed by atoms with Gasteiger partial charge in [-0.2, -0.15) is 0 Å². The molecule has 0 spiro atoms. The van der Waals surface area contributed by atoms with Crippen LogP contribution in [-0.2, 0) is 24.2 Å². The first-order valence-electron chi connectivity index (χ1n) is 9.45. The maximum absolute atomic E-state index is 12.6. The van der Waals surface area contributed by atoms with E-state index < -0.39 is 0 Å². The molecule has 0 radical (unpaired) electrons. The molecular weight excluding hydrogens is 340 g/mol. The molecule has 146 valence electrons. The summed E-state index contributed by atoms with van der Waals surface area (Å²) in [5.74, 6) is 1.44. The predicted molar refractivity (Wildman–Crippen MR) is 109 cm³/mol. The van der Waals surface area contributed by atoms with E-state index in [1.807, 2.05) is 25.2 Å². The fraction of sp³-hybridized carbons (Fsp3) is 0.409. The van der Waals surface area contributed by atoms with Crippen LogP contribution in [0.15, 0.2) is 36.4 Å². The highest BCUT2D eigenvalue weighted by atomic mass is 16.5. The Morgan fingerprint density at radius 2 is 1.63 bits per heavy atom. The van der Waals surface area contributed by atoms with E-state index in [4.69, 9.17) is 9.47 Å². The van der Waals surface area contributed by atoms with Crippen molar-refractivity contribution in [1.29, 1.82) is 0 Å². The summed E-state index contributed by atoms with van der Waals surface area (Å²) in [6, 6.07) is 12.1. The average molecular weight is 372 g/mol. The molecule has 0 bridgehead atoms. The van der Waals surface area contributed by atoms with Crippen molar-refractivity contribution >= 4 is 11.6 Å². The van der Waals surface area contributed by atoms with Crippen LogP contribution in [0.2, 0.25) is 0 Å². The minimum absolute atomic E-state index is 0.0311. The molecule has 27 heavy (non-hydrogen) atoms. The van der Waals surface area contributed by atoms with Gasteiger partial charge in [-0.25, -0.2) is 0 Å². The van der Waals surface area contributed by atoms with Crippen molar-refractivity contribution in [3.63, 3.8) is 0 Å². The summed E-state index contributed by atoms with van der Waals surface area (Å²) >= 11 is 0. The third-order valence-corrected chi connectivity index (χ3v) is 4.68. The number of carbonyl (C=O) groups is 1. The number of aryl methyl sites for hydroxylation is 2. The number of likely N-dealkylation sites (N-methyl/N-ethyl adjacent to an activating group) is 1. The number of para-hydroxylation sites is 1. The lowest BCUT2D eigenvalue weighted by Gasteiger charge is -2.17. The SMILES string of the molecule is CCc1cccc(CC)c1NC(=O)C[NH+](C)Cc1ccc(OC)c(OC)c1. The molecule has 1 atom stereocenters. The molecule has 0 aromatic heterocycles. The summed E-state index contributed by atoms with van der Waals surface area (Å²) in [5.41, 5.74) is 4.44. The molecule has 0 fully saturated rings. The summed E-state index contributed by atoms with van der Waals surface area (Å²) in [7, 11) is 5.27. The fourth-order valence-corrected chi connectivity index (χ4v) is 3.26. The highest BCUT2D eigenvalue weighted by Crippen LogP contribution is 2.27. The molecule has 0 aliphatic rings. The molecule has 2 aromatic carbocycles. The molecule has 0 heterocycles.